The van der Waals surface area contributed by atoms with Gasteiger partial charge in [0, 0.05) is 25.9 Å². The summed E-state index contributed by atoms with van der Waals surface area (Å²) in [5.41, 5.74) is 0.195. The van der Waals surface area contributed by atoms with Crippen molar-refractivity contribution >= 4 is 5.97 Å². The summed E-state index contributed by atoms with van der Waals surface area (Å²) in [6, 6.07) is 0. The van der Waals surface area contributed by atoms with E-state index in [1.165, 1.54) is 0 Å². The molecule has 0 unspecified atom stereocenters. The Morgan fingerprint density at radius 1 is 0.667 bits per heavy atom. The zero-order valence-electron chi connectivity index (χ0n) is 22.4. The number of nitrogens with one attached hydrogen (secondary N) is 2. The van der Waals surface area contributed by atoms with Gasteiger partial charge in [0.25, 0.3) is 0 Å². The number of hydrogen-bond acceptors (Lipinski definition) is 7. The highest BCUT2D eigenvalue weighted by molar-refractivity contribution is 5.69. The zero-order valence-corrected chi connectivity index (χ0v) is 22.4. The third kappa shape index (κ3) is 27.0. The van der Waals surface area contributed by atoms with Crippen LogP contribution >= 0.6 is 0 Å². The van der Waals surface area contributed by atoms with Gasteiger partial charge in [-0.15, -0.1) is 0 Å². The van der Waals surface area contributed by atoms with Crippen molar-refractivity contribution in [2.75, 3.05) is 65.8 Å². The largest absolute Gasteiger partial charge is 0.498 e. The lowest BCUT2D eigenvalue weighted by Crippen LogP contribution is -2.24. The lowest BCUT2D eigenvalue weighted by Gasteiger charge is -2.19. The van der Waals surface area contributed by atoms with Gasteiger partial charge in [-0.2, -0.15) is 0 Å². The van der Waals surface area contributed by atoms with Crippen molar-refractivity contribution in [2.45, 2.75) is 73.6 Å². The van der Waals surface area contributed by atoms with E-state index in [-0.39, 0.29) is 16.8 Å². The van der Waals surface area contributed by atoms with Crippen LogP contribution in [0, 0.1) is 10.8 Å². The Hall–Kier alpha value is -1.15. The molecule has 0 bridgehead atoms. The molecule has 2 N–H and O–H groups in total. The minimum Gasteiger partial charge on any atom is -0.498 e. The van der Waals surface area contributed by atoms with Gasteiger partial charge in [-0.25, -0.2) is 0 Å². The first kappa shape index (κ1) is 31.9. The summed E-state index contributed by atoms with van der Waals surface area (Å²) in [7, 11) is 0. The van der Waals surface area contributed by atoms with E-state index in [9.17, 15) is 4.79 Å². The minimum absolute atomic E-state index is 0.0173. The number of hydrogen-bond donors (Lipinski definition) is 2. The third-order valence-electron chi connectivity index (χ3n) is 4.39. The van der Waals surface area contributed by atoms with E-state index in [1.807, 2.05) is 0 Å². The molecular weight excluding hydrogens is 420 g/mol. The van der Waals surface area contributed by atoms with Gasteiger partial charge in [0.1, 0.15) is 0 Å². The summed E-state index contributed by atoms with van der Waals surface area (Å²) in [6.45, 7) is 23.7. The summed E-state index contributed by atoms with van der Waals surface area (Å²) >= 11 is 0. The summed E-state index contributed by atoms with van der Waals surface area (Å²) in [6.07, 6.45) is 4.34. The summed E-state index contributed by atoms with van der Waals surface area (Å²) in [4.78, 5) is 11.6. The first-order valence-electron chi connectivity index (χ1n) is 12.5. The number of carbonyl (C=O) groups is 1. The molecule has 33 heavy (non-hydrogen) atoms. The zero-order chi connectivity index (χ0) is 25.0. The van der Waals surface area contributed by atoms with E-state index in [2.05, 4.69) is 58.8 Å². The summed E-state index contributed by atoms with van der Waals surface area (Å²) in [5.74, 6) is 0.765. The maximum atomic E-state index is 11.6. The number of allylic oxidation sites excluding steroid dienone is 1. The van der Waals surface area contributed by atoms with Gasteiger partial charge < -0.3 is 29.6 Å². The molecular formula is C26H52N2O5. The summed E-state index contributed by atoms with van der Waals surface area (Å²) < 4.78 is 22.0. The van der Waals surface area contributed by atoms with Crippen LogP contribution in [-0.2, 0) is 23.7 Å². The lowest BCUT2D eigenvalue weighted by molar-refractivity contribution is -0.146. The van der Waals surface area contributed by atoms with Crippen LogP contribution in [0.5, 0.6) is 0 Å². The molecule has 0 aliphatic carbocycles. The van der Waals surface area contributed by atoms with Crippen molar-refractivity contribution in [3.63, 3.8) is 0 Å². The van der Waals surface area contributed by atoms with Crippen LogP contribution in [0.4, 0.5) is 0 Å². The highest BCUT2D eigenvalue weighted by Gasteiger charge is 2.13. The monoisotopic (exact) mass is 472 g/mol. The topological polar surface area (TPSA) is 78.0 Å². The quantitative estimate of drug-likeness (QED) is 0.146. The van der Waals surface area contributed by atoms with E-state index in [4.69, 9.17) is 18.9 Å². The number of rotatable bonds is 21. The number of ether oxygens (including phenoxy) is 4. The number of esters is 1. The molecule has 0 aromatic rings. The third-order valence-corrected chi connectivity index (χ3v) is 4.39. The van der Waals surface area contributed by atoms with Crippen molar-refractivity contribution in [3.8, 4) is 0 Å². The summed E-state index contributed by atoms with van der Waals surface area (Å²) in [5, 5.41) is 6.66. The van der Waals surface area contributed by atoms with Crippen molar-refractivity contribution in [1.29, 1.82) is 0 Å². The fraction of sp³-hybridized carbons (Fsp3) is 0.885. The van der Waals surface area contributed by atoms with Crippen molar-refractivity contribution in [2.24, 2.45) is 10.8 Å². The van der Waals surface area contributed by atoms with Gasteiger partial charge in [-0.3, -0.25) is 4.79 Å². The molecule has 0 fully saturated rings. The lowest BCUT2D eigenvalue weighted by atomic mass is 9.99. The van der Waals surface area contributed by atoms with Gasteiger partial charge in [-0.05, 0) is 43.2 Å². The average Bonchev–Trinajstić information content (AvgIpc) is 2.72. The van der Waals surface area contributed by atoms with E-state index >= 15 is 0 Å². The molecule has 0 spiro atoms. The average molecular weight is 473 g/mol. The Bertz CT molecular complexity index is 454. The highest BCUT2D eigenvalue weighted by Crippen LogP contribution is 2.16. The first-order valence-corrected chi connectivity index (χ1v) is 12.5. The van der Waals surface area contributed by atoms with Crippen LogP contribution < -0.4 is 10.6 Å². The predicted molar refractivity (Wildman–Crippen MR) is 135 cm³/mol. The molecule has 0 aliphatic rings. The second-order valence-electron chi connectivity index (χ2n) is 10.9. The Morgan fingerprint density at radius 3 is 1.73 bits per heavy atom. The molecule has 0 aromatic heterocycles. The van der Waals surface area contributed by atoms with Crippen molar-refractivity contribution in [3.05, 3.63) is 12.3 Å². The highest BCUT2D eigenvalue weighted by atomic mass is 16.5. The maximum absolute atomic E-state index is 11.6. The fourth-order valence-corrected chi connectivity index (χ4v) is 2.55. The molecule has 7 heteroatoms. The smallest absolute Gasteiger partial charge is 0.305 e. The van der Waals surface area contributed by atoms with Crippen LogP contribution in [0.2, 0.25) is 0 Å². The standard InChI is InChI=1S/C26H52N2O5/c1-23(32-21-25(2,3)4)11-8-9-13-27-15-17-30-19-20-31-18-16-28-14-10-12-24(29)33-22-26(5,6)7/h27-28H,1,8-22H2,2-7H3. The van der Waals surface area contributed by atoms with Crippen LogP contribution in [0.3, 0.4) is 0 Å². The minimum atomic E-state index is -0.123. The molecule has 0 saturated heterocycles. The molecule has 7 nitrogen and oxygen atoms in total. The first-order chi connectivity index (χ1) is 15.5. The molecule has 0 rings (SSSR count). The molecule has 0 radical (unpaired) electrons. The maximum Gasteiger partial charge on any atom is 0.305 e. The SMILES string of the molecule is C=C(CCCCNCCOCCOCCNCCCC(=O)OCC(C)(C)C)OCC(C)(C)C. The fourth-order valence-electron chi connectivity index (χ4n) is 2.55. The van der Waals surface area contributed by atoms with Gasteiger partial charge in [0.15, 0.2) is 0 Å². The van der Waals surface area contributed by atoms with Crippen LogP contribution in [0.15, 0.2) is 12.3 Å². The Balaban J connectivity index is 3.24. The molecule has 0 aliphatic heterocycles. The van der Waals surface area contributed by atoms with Gasteiger partial charge in [0.2, 0.25) is 0 Å². The second kappa shape index (κ2) is 19.2. The van der Waals surface area contributed by atoms with E-state index in [0.717, 1.165) is 64.2 Å². The molecule has 0 atom stereocenters. The van der Waals surface area contributed by atoms with Crippen LogP contribution in [0.25, 0.3) is 0 Å². The molecule has 0 heterocycles. The number of unbranched alkanes of at least 4 members (excludes halogenated alkanes) is 1. The van der Waals surface area contributed by atoms with Gasteiger partial charge in [0.05, 0.1) is 45.4 Å². The Labute approximate surface area is 203 Å². The predicted octanol–water partition coefficient (Wildman–Crippen LogP) is 4.32. The Morgan fingerprint density at radius 2 is 1.18 bits per heavy atom. The second-order valence-corrected chi connectivity index (χ2v) is 10.9. The van der Waals surface area contributed by atoms with Crippen molar-refractivity contribution < 1.29 is 23.7 Å². The Kier molecular flexibility index (Phi) is 18.5. The van der Waals surface area contributed by atoms with Gasteiger partial charge in [-0.1, -0.05) is 48.1 Å². The molecule has 0 amide bonds. The van der Waals surface area contributed by atoms with Gasteiger partial charge >= 0.3 is 5.97 Å². The van der Waals surface area contributed by atoms with Crippen LogP contribution in [0.1, 0.15) is 73.6 Å². The van der Waals surface area contributed by atoms with E-state index < -0.39 is 0 Å². The normalized spacial score (nSPS) is 12.1. The van der Waals surface area contributed by atoms with E-state index in [0.29, 0.717) is 39.5 Å². The van der Waals surface area contributed by atoms with Crippen molar-refractivity contribution in [1.82, 2.24) is 10.6 Å². The molecule has 196 valence electrons. The van der Waals surface area contributed by atoms with E-state index in [1.54, 1.807) is 0 Å². The number of carbonyl (C=O) groups excluding carboxylic acids is 1. The van der Waals surface area contributed by atoms with Crippen LogP contribution in [-0.4, -0.2) is 71.8 Å². The molecule has 0 saturated carbocycles. The molecule has 0 aromatic carbocycles.